The number of nitrogens with one attached hydrogen (secondary N) is 1. The predicted octanol–water partition coefficient (Wildman–Crippen LogP) is 3.25. The van der Waals surface area contributed by atoms with Crippen LogP contribution in [-0.2, 0) is 0 Å². The van der Waals surface area contributed by atoms with E-state index in [1.807, 2.05) is 6.07 Å². The van der Waals surface area contributed by atoms with Crippen molar-refractivity contribution in [2.75, 3.05) is 25.0 Å². The van der Waals surface area contributed by atoms with E-state index >= 15 is 0 Å². The average molecular weight is 328 g/mol. The first-order chi connectivity index (χ1) is 9.10. The highest BCUT2D eigenvalue weighted by Gasteiger charge is 2.21. The summed E-state index contributed by atoms with van der Waals surface area (Å²) >= 11 is 3.27. The quantitative estimate of drug-likeness (QED) is 0.681. The highest BCUT2D eigenvalue weighted by atomic mass is 79.9. The van der Waals surface area contributed by atoms with Gasteiger partial charge in [-0.25, -0.2) is 0 Å². The molecule has 104 valence electrons. The van der Waals surface area contributed by atoms with Crippen molar-refractivity contribution in [2.24, 2.45) is 0 Å². The van der Waals surface area contributed by atoms with Crippen molar-refractivity contribution in [3.8, 4) is 0 Å². The van der Waals surface area contributed by atoms with E-state index < -0.39 is 0 Å². The number of likely N-dealkylation sites (tertiary alicyclic amines) is 1. The normalized spacial score (nSPS) is 17.4. The molecule has 1 aliphatic rings. The predicted molar refractivity (Wildman–Crippen MR) is 79.6 cm³/mol. The van der Waals surface area contributed by atoms with Crippen LogP contribution < -0.4 is 5.32 Å². The van der Waals surface area contributed by atoms with Crippen LogP contribution in [0.25, 0.3) is 0 Å². The van der Waals surface area contributed by atoms with Gasteiger partial charge < -0.3 is 10.2 Å². The molecule has 1 fully saturated rings. The minimum atomic E-state index is -0.339. The van der Waals surface area contributed by atoms with Gasteiger partial charge in [0.15, 0.2) is 0 Å². The Hall–Kier alpha value is -1.14. The fraction of sp³-hybridized carbons (Fsp3) is 0.538. The zero-order valence-electron chi connectivity index (χ0n) is 10.9. The van der Waals surface area contributed by atoms with Crippen LogP contribution >= 0.6 is 15.9 Å². The first-order valence-corrected chi connectivity index (χ1v) is 7.32. The average Bonchev–Trinajstić information content (AvgIpc) is 2.41. The maximum Gasteiger partial charge on any atom is 0.293 e. The second kappa shape index (κ2) is 6.34. The van der Waals surface area contributed by atoms with Crippen LogP contribution in [0.5, 0.6) is 0 Å². The van der Waals surface area contributed by atoms with E-state index in [1.165, 1.54) is 0 Å². The van der Waals surface area contributed by atoms with Crippen LogP contribution in [0.1, 0.15) is 19.8 Å². The molecular formula is C13H18BrN3O2. The SMILES string of the molecule is CCN1CCC(Nc2ccc(Br)cc2[N+](=O)[O-])CC1. The summed E-state index contributed by atoms with van der Waals surface area (Å²) in [7, 11) is 0. The number of anilines is 1. The molecule has 0 amide bonds. The van der Waals surface area contributed by atoms with E-state index in [4.69, 9.17) is 0 Å². The maximum atomic E-state index is 11.1. The summed E-state index contributed by atoms with van der Waals surface area (Å²) in [5.74, 6) is 0. The molecule has 1 aliphatic heterocycles. The first kappa shape index (κ1) is 14.3. The highest BCUT2D eigenvalue weighted by molar-refractivity contribution is 9.10. The number of nitro groups is 1. The number of piperidine rings is 1. The highest BCUT2D eigenvalue weighted by Crippen LogP contribution is 2.29. The Balaban J connectivity index is 2.05. The molecular weight excluding hydrogens is 310 g/mol. The third-order valence-corrected chi connectivity index (χ3v) is 4.04. The van der Waals surface area contributed by atoms with Gasteiger partial charge in [0.05, 0.1) is 4.92 Å². The lowest BCUT2D eigenvalue weighted by molar-refractivity contribution is -0.384. The minimum Gasteiger partial charge on any atom is -0.377 e. The Morgan fingerprint density at radius 3 is 2.74 bits per heavy atom. The van der Waals surface area contributed by atoms with Crippen molar-refractivity contribution in [3.05, 3.63) is 32.8 Å². The molecule has 0 aliphatic carbocycles. The molecule has 0 aromatic heterocycles. The number of nitrogens with zero attached hydrogens (tertiary/aromatic N) is 2. The molecule has 0 radical (unpaired) electrons. The van der Waals surface area contributed by atoms with E-state index in [0.717, 1.165) is 36.9 Å². The third-order valence-electron chi connectivity index (χ3n) is 3.55. The molecule has 19 heavy (non-hydrogen) atoms. The zero-order valence-corrected chi connectivity index (χ0v) is 12.5. The zero-order chi connectivity index (χ0) is 13.8. The van der Waals surface area contributed by atoms with Crippen molar-refractivity contribution < 1.29 is 4.92 Å². The van der Waals surface area contributed by atoms with Gasteiger partial charge in [0.25, 0.3) is 5.69 Å². The van der Waals surface area contributed by atoms with Gasteiger partial charge >= 0.3 is 0 Å². The van der Waals surface area contributed by atoms with Crippen molar-refractivity contribution in [1.29, 1.82) is 0 Å². The van der Waals surface area contributed by atoms with Gasteiger partial charge in [-0.2, -0.15) is 0 Å². The van der Waals surface area contributed by atoms with Crippen LogP contribution in [0.2, 0.25) is 0 Å². The van der Waals surface area contributed by atoms with E-state index in [-0.39, 0.29) is 10.6 Å². The summed E-state index contributed by atoms with van der Waals surface area (Å²) in [6.07, 6.45) is 2.06. The Morgan fingerprint density at radius 2 is 2.16 bits per heavy atom. The molecule has 2 rings (SSSR count). The Labute approximate surface area is 121 Å². The van der Waals surface area contributed by atoms with E-state index in [1.54, 1.807) is 12.1 Å². The van der Waals surface area contributed by atoms with Crippen LogP contribution in [0.4, 0.5) is 11.4 Å². The summed E-state index contributed by atoms with van der Waals surface area (Å²) in [6.45, 7) is 5.34. The van der Waals surface area contributed by atoms with Crippen molar-refractivity contribution >= 4 is 27.3 Å². The number of hydrogen-bond acceptors (Lipinski definition) is 4. The molecule has 0 unspecified atom stereocenters. The van der Waals surface area contributed by atoms with Crippen LogP contribution in [-0.4, -0.2) is 35.5 Å². The Kier molecular flexibility index (Phi) is 4.76. The lowest BCUT2D eigenvalue weighted by Gasteiger charge is -2.31. The van der Waals surface area contributed by atoms with Crippen LogP contribution in [0, 0.1) is 10.1 Å². The summed E-state index contributed by atoms with van der Waals surface area (Å²) < 4.78 is 0.727. The molecule has 6 heteroatoms. The molecule has 0 spiro atoms. The van der Waals surface area contributed by atoms with Gasteiger partial charge in [0.2, 0.25) is 0 Å². The van der Waals surface area contributed by atoms with E-state index in [0.29, 0.717) is 11.7 Å². The van der Waals surface area contributed by atoms with Crippen molar-refractivity contribution in [1.82, 2.24) is 4.90 Å². The second-order valence-corrected chi connectivity index (χ2v) is 5.69. The van der Waals surface area contributed by atoms with Gasteiger partial charge in [0.1, 0.15) is 5.69 Å². The van der Waals surface area contributed by atoms with Crippen LogP contribution in [0.15, 0.2) is 22.7 Å². The summed E-state index contributed by atoms with van der Waals surface area (Å²) in [5, 5.41) is 14.4. The Morgan fingerprint density at radius 1 is 1.47 bits per heavy atom. The molecule has 1 heterocycles. The number of hydrogen-bond donors (Lipinski definition) is 1. The largest absolute Gasteiger partial charge is 0.377 e. The van der Waals surface area contributed by atoms with Gasteiger partial charge in [-0.3, -0.25) is 10.1 Å². The molecule has 0 bridgehead atoms. The summed E-state index contributed by atoms with van der Waals surface area (Å²) in [5.41, 5.74) is 0.746. The number of rotatable bonds is 4. The summed E-state index contributed by atoms with van der Waals surface area (Å²) in [6, 6.07) is 5.47. The topological polar surface area (TPSA) is 58.4 Å². The van der Waals surface area contributed by atoms with Gasteiger partial charge in [-0.15, -0.1) is 0 Å². The number of benzene rings is 1. The fourth-order valence-corrected chi connectivity index (χ4v) is 2.74. The third kappa shape index (κ3) is 3.67. The monoisotopic (exact) mass is 327 g/mol. The number of halogens is 1. The standard InChI is InChI=1S/C13H18BrN3O2/c1-2-16-7-5-11(6-8-16)15-12-4-3-10(14)9-13(12)17(18)19/h3-4,9,11,15H,2,5-8H2,1H3. The van der Waals surface area contributed by atoms with Gasteiger partial charge in [0, 0.05) is 29.7 Å². The molecule has 1 N–H and O–H groups in total. The van der Waals surface area contributed by atoms with Gasteiger partial charge in [-0.05, 0) is 31.5 Å². The second-order valence-electron chi connectivity index (χ2n) is 4.77. The molecule has 1 aromatic rings. The molecule has 0 saturated carbocycles. The first-order valence-electron chi connectivity index (χ1n) is 6.53. The molecule has 5 nitrogen and oxygen atoms in total. The lowest BCUT2D eigenvalue weighted by Crippen LogP contribution is -2.38. The fourth-order valence-electron chi connectivity index (χ4n) is 2.39. The number of nitro benzene ring substituents is 1. The minimum absolute atomic E-state index is 0.132. The molecule has 0 atom stereocenters. The Bertz CT molecular complexity index is 459. The van der Waals surface area contributed by atoms with E-state index in [2.05, 4.69) is 33.1 Å². The molecule has 1 aromatic carbocycles. The van der Waals surface area contributed by atoms with Crippen LogP contribution in [0.3, 0.4) is 0 Å². The van der Waals surface area contributed by atoms with E-state index in [9.17, 15) is 10.1 Å². The van der Waals surface area contributed by atoms with Crippen molar-refractivity contribution in [2.45, 2.75) is 25.8 Å². The smallest absolute Gasteiger partial charge is 0.293 e. The lowest BCUT2D eigenvalue weighted by atomic mass is 10.0. The molecule has 1 saturated heterocycles. The maximum absolute atomic E-state index is 11.1. The van der Waals surface area contributed by atoms with Crippen molar-refractivity contribution in [3.63, 3.8) is 0 Å². The van der Waals surface area contributed by atoms with Gasteiger partial charge in [-0.1, -0.05) is 22.9 Å². The summed E-state index contributed by atoms with van der Waals surface area (Å²) in [4.78, 5) is 13.1.